The molecule has 1 amide bonds. The van der Waals surface area contributed by atoms with Crippen LogP contribution in [0.4, 0.5) is 4.39 Å². The maximum absolute atomic E-state index is 13.4. The van der Waals surface area contributed by atoms with E-state index in [1.807, 2.05) is 0 Å². The molecule has 144 valence electrons. The molecule has 2 atom stereocenters. The van der Waals surface area contributed by atoms with Crippen molar-refractivity contribution in [2.75, 3.05) is 13.2 Å². The SMILES string of the molecule is O=C1C(=O)N(C[C@@H]2CCCO2)[C@H](c2ccc(F)cc2)C1=C(O)c1ccccc1. The molecule has 0 saturated carbocycles. The summed E-state index contributed by atoms with van der Waals surface area (Å²) in [5.74, 6) is -2.07. The first-order valence-electron chi connectivity index (χ1n) is 9.27. The third-order valence-corrected chi connectivity index (χ3v) is 5.20. The van der Waals surface area contributed by atoms with E-state index < -0.39 is 23.5 Å². The van der Waals surface area contributed by atoms with Crippen LogP contribution in [-0.4, -0.2) is 41.0 Å². The van der Waals surface area contributed by atoms with E-state index in [1.54, 1.807) is 30.3 Å². The molecule has 28 heavy (non-hydrogen) atoms. The van der Waals surface area contributed by atoms with Gasteiger partial charge in [-0.3, -0.25) is 9.59 Å². The molecule has 2 saturated heterocycles. The predicted octanol–water partition coefficient (Wildman–Crippen LogP) is 3.43. The standard InChI is InChI=1S/C22H20FNO4/c23-16-10-8-14(9-11-16)19-18(20(25)15-5-2-1-3-6-15)21(26)22(27)24(19)13-17-7-4-12-28-17/h1-3,5-6,8-11,17,19,25H,4,7,12-13H2/t17-,19+/m0/s1. The lowest BCUT2D eigenvalue weighted by atomic mass is 9.95. The summed E-state index contributed by atoms with van der Waals surface area (Å²) in [5.41, 5.74) is 1.03. The van der Waals surface area contributed by atoms with Crippen molar-refractivity contribution in [1.82, 2.24) is 4.90 Å². The molecule has 2 heterocycles. The number of carbonyl (C=O) groups is 2. The molecule has 2 aromatic carbocycles. The summed E-state index contributed by atoms with van der Waals surface area (Å²) in [6, 6.07) is 13.5. The number of nitrogens with zero attached hydrogens (tertiary/aromatic N) is 1. The van der Waals surface area contributed by atoms with Crippen LogP contribution in [0.3, 0.4) is 0 Å². The Morgan fingerprint density at radius 2 is 1.82 bits per heavy atom. The Morgan fingerprint density at radius 1 is 1.11 bits per heavy atom. The Labute approximate surface area is 162 Å². The Bertz CT molecular complexity index is 917. The maximum Gasteiger partial charge on any atom is 0.295 e. The average molecular weight is 381 g/mol. The van der Waals surface area contributed by atoms with Crippen molar-refractivity contribution >= 4 is 17.4 Å². The fraction of sp³-hybridized carbons (Fsp3) is 0.273. The molecule has 0 bridgehead atoms. The van der Waals surface area contributed by atoms with Gasteiger partial charge < -0.3 is 14.7 Å². The topological polar surface area (TPSA) is 66.8 Å². The summed E-state index contributed by atoms with van der Waals surface area (Å²) >= 11 is 0. The summed E-state index contributed by atoms with van der Waals surface area (Å²) in [6.07, 6.45) is 1.55. The average Bonchev–Trinajstić information content (AvgIpc) is 3.31. The van der Waals surface area contributed by atoms with Crippen LogP contribution >= 0.6 is 0 Å². The van der Waals surface area contributed by atoms with Gasteiger partial charge in [-0.05, 0) is 30.5 Å². The molecule has 2 aliphatic heterocycles. The van der Waals surface area contributed by atoms with Gasteiger partial charge >= 0.3 is 0 Å². The molecule has 0 aliphatic carbocycles. The smallest absolute Gasteiger partial charge is 0.295 e. The molecule has 2 fully saturated rings. The molecule has 0 radical (unpaired) electrons. The monoisotopic (exact) mass is 381 g/mol. The van der Waals surface area contributed by atoms with Gasteiger partial charge in [0.05, 0.1) is 17.7 Å². The van der Waals surface area contributed by atoms with Crippen molar-refractivity contribution in [3.8, 4) is 0 Å². The number of carbonyl (C=O) groups excluding carboxylic acids is 2. The quantitative estimate of drug-likeness (QED) is 0.501. The predicted molar refractivity (Wildman–Crippen MR) is 101 cm³/mol. The van der Waals surface area contributed by atoms with Crippen molar-refractivity contribution in [1.29, 1.82) is 0 Å². The number of hydrogen-bond donors (Lipinski definition) is 1. The Morgan fingerprint density at radius 3 is 2.46 bits per heavy atom. The van der Waals surface area contributed by atoms with E-state index in [4.69, 9.17) is 4.74 Å². The zero-order valence-electron chi connectivity index (χ0n) is 15.2. The normalized spacial score (nSPS) is 24.1. The number of ketones is 1. The summed E-state index contributed by atoms with van der Waals surface area (Å²) < 4.78 is 19.1. The number of Topliss-reactive ketones (excluding diaryl/α,β-unsaturated/α-hetero) is 1. The number of aliphatic hydroxyl groups excluding tert-OH is 1. The Balaban J connectivity index is 1.81. The molecule has 0 spiro atoms. The zero-order chi connectivity index (χ0) is 19.7. The second-order valence-electron chi connectivity index (χ2n) is 7.00. The first kappa shape index (κ1) is 18.4. The van der Waals surface area contributed by atoms with E-state index in [0.717, 1.165) is 12.8 Å². The lowest BCUT2D eigenvalue weighted by Crippen LogP contribution is -2.36. The lowest BCUT2D eigenvalue weighted by Gasteiger charge is -2.27. The van der Waals surface area contributed by atoms with Gasteiger partial charge in [-0.1, -0.05) is 42.5 Å². The zero-order valence-corrected chi connectivity index (χ0v) is 15.2. The molecule has 0 unspecified atom stereocenters. The molecule has 0 aromatic heterocycles. The Hall–Kier alpha value is -2.99. The highest BCUT2D eigenvalue weighted by atomic mass is 19.1. The molecule has 2 aliphatic rings. The van der Waals surface area contributed by atoms with Crippen molar-refractivity contribution in [2.24, 2.45) is 0 Å². The summed E-state index contributed by atoms with van der Waals surface area (Å²) in [7, 11) is 0. The van der Waals surface area contributed by atoms with Gasteiger partial charge in [-0.25, -0.2) is 4.39 Å². The summed E-state index contributed by atoms with van der Waals surface area (Å²) in [5, 5.41) is 10.8. The van der Waals surface area contributed by atoms with E-state index in [0.29, 0.717) is 17.7 Å². The van der Waals surface area contributed by atoms with Gasteiger partial charge in [-0.2, -0.15) is 0 Å². The van der Waals surface area contributed by atoms with E-state index in [1.165, 1.54) is 29.2 Å². The summed E-state index contributed by atoms with van der Waals surface area (Å²) in [6.45, 7) is 0.873. The van der Waals surface area contributed by atoms with Crippen LogP contribution in [0.5, 0.6) is 0 Å². The van der Waals surface area contributed by atoms with E-state index in [-0.39, 0.29) is 24.0 Å². The fourth-order valence-corrected chi connectivity index (χ4v) is 3.82. The van der Waals surface area contributed by atoms with Gasteiger partial charge in [0, 0.05) is 18.7 Å². The molecule has 5 nitrogen and oxygen atoms in total. The molecule has 4 rings (SSSR count). The highest BCUT2D eigenvalue weighted by molar-refractivity contribution is 6.46. The van der Waals surface area contributed by atoms with Gasteiger partial charge in [0.2, 0.25) is 0 Å². The third kappa shape index (κ3) is 3.31. The van der Waals surface area contributed by atoms with Gasteiger partial charge in [0.15, 0.2) is 0 Å². The fourth-order valence-electron chi connectivity index (χ4n) is 3.82. The summed E-state index contributed by atoms with van der Waals surface area (Å²) in [4.78, 5) is 27.1. The van der Waals surface area contributed by atoms with Gasteiger partial charge in [0.1, 0.15) is 11.6 Å². The second-order valence-corrected chi connectivity index (χ2v) is 7.00. The minimum atomic E-state index is -0.787. The van der Waals surface area contributed by atoms with Crippen LogP contribution in [-0.2, 0) is 14.3 Å². The lowest BCUT2D eigenvalue weighted by molar-refractivity contribution is -0.140. The molecular weight excluding hydrogens is 361 g/mol. The minimum Gasteiger partial charge on any atom is -0.507 e. The molecular formula is C22H20FNO4. The highest BCUT2D eigenvalue weighted by Crippen LogP contribution is 2.40. The number of amides is 1. The van der Waals surface area contributed by atoms with Crippen molar-refractivity contribution in [3.05, 3.63) is 77.1 Å². The number of ether oxygens (including phenoxy) is 1. The number of rotatable bonds is 4. The van der Waals surface area contributed by atoms with Crippen LogP contribution in [0, 0.1) is 5.82 Å². The maximum atomic E-state index is 13.4. The molecule has 2 aromatic rings. The number of halogens is 1. The highest BCUT2D eigenvalue weighted by Gasteiger charge is 2.47. The van der Waals surface area contributed by atoms with Crippen molar-refractivity contribution in [3.63, 3.8) is 0 Å². The minimum absolute atomic E-state index is 0.0146. The second kappa shape index (κ2) is 7.56. The van der Waals surface area contributed by atoms with E-state index >= 15 is 0 Å². The first-order valence-corrected chi connectivity index (χ1v) is 9.27. The number of benzene rings is 2. The first-order chi connectivity index (χ1) is 13.6. The van der Waals surface area contributed by atoms with Crippen LogP contribution in [0.25, 0.3) is 5.76 Å². The molecule has 1 N–H and O–H groups in total. The third-order valence-electron chi connectivity index (χ3n) is 5.20. The van der Waals surface area contributed by atoms with E-state index in [2.05, 4.69) is 0 Å². The van der Waals surface area contributed by atoms with Crippen LogP contribution in [0.2, 0.25) is 0 Å². The van der Waals surface area contributed by atoms with Crippen molar-refractivity contribution in [2.45, 2.75) is 25.0 Å². The van der Waals surface area contributed by atoms with Crippen LogP contribution in [0.1, 0.15) is 30.0 Å². The van der Waals surface area contributed by atoms with Crippen LogP contribution in [0.15, 0.2) is 60.2 Å². The van der Waals surface area contributed by atoms with Gasteiger partial charge in [-0.15, -0.1) is 0 Å². The molecule has 6 heteroatoms. The van der Waals surface area contributed by atoms with Gasteiger partial charge in [0.25, 0.3) is 11.7 Å². The largest absolute Gasteiger partial charge is 0.507 e. The van der Waals surface area contributed by atoms with E-state index in [9.17, 15) is 19.1 Å². The Kier molecular flexibility index (Phi) is 4.96. The van der Waals surface area contributed by atoms with Crippen LogP contribution < -0.4 is 0 Å². The number of aliphatic hydroxyl groups is 1. The number of hydrogen-bond acceptors (Lipinski definition) is 4. The number of likely N-dealkylation sites (tertiary alicyclic amines) is 1. The van der Waals surface area contributed by atoms with Crippen molar-refractivity contribution < 1.29 is 23.8 Å².